The lowest BCUT2D eigenvalue weighted by atomic mass is 9.85. The van der Waals surface area contributed by atoms with Crippen molar-refractivity contribution in [2.45, 2.75) is 37.6 Å². The summed E-state index contributed by atoms with van der Waals surface area (Å²) in [6, 6.07) is 74.4. The first-order valence-corrected chi connectivity index (χ1v) is 25.3. The largest absolute Gasteiger partial charge is 0.455 e. The Bertz CT molecular complexity index is 4230. The predicted octanol–water partition coefficient (Wildman–Crippen LogP) is 17.2. The molecule has 15 rings (SSSR count). The van der Waals surface area contributed by atoms with E-state index in [-0.39, 0.29) is 12.0 Å². The van der Waals surface area contributed by atoms with Gasteiger partial charge in [0.25, 0.3) is 0 Å². The highest BCUT2D eigenvalue weighted by Crippen LogP contribution is 2.50. The van der Waals surface area contributed by atoms with E-state index in [0.717, 1.165) is 115 Å². The molecule has 9 aromatic carbocycles. The third-order valence-corrected chi connectivity index (χ3v) is 15.6. The van der Waals surface area contributed by atoms with E-state index >= 15 is 0 Å². The summed E-state index contributed by atoms with van der Waals surface area (Å²) in [5.41, 5.74) is 19.9. The van der Waals surface area contributed by atoms with Crippen molar-refractivity contribution in [3.63, 3.8) is 0 Å². The fourth-order valence-electron chi connectivity index (χ4n) is 12.1. The van der Waals surface area contributed by atoms with Crippen LogP contribution in [0.2, 0.25) is 0 Å². The summed E-state index contributed by atoms with van der Waals surface area (Å²) in [7, 11) is 0. The highest BCUT2D eigenvalue weighted by molar-refractivity contribution is 6.18. The van der Waals surface area contributed by atoms with Crippen molar-refractivity contribution in [2.75, 3.05) is 0 Å². The first-order valence-electron chi connectivity index (χ1n) is 25.3. The standard InChI is InChI=1S/C67H47N3O2/c1-4-16-41(17-5-1)44-30-34-60-55(37-44)50-24-10-12-27-59(50)70(60)61-28-15-26-51-56-38-47(31-35-63(56)71-65(51)61)49-33-32-48(64-52-25-11-13-29-62(52)72-66(49)64)45-22-14-23-46(36-45)53-39-57(42-18-6-2-7-19-42)68-67(69-58-40-54(53)58)43-20-8-3-9-21-43/h1-9,11-23,25-38,53-54,58H,10,24,39-40H2/b68-57+,69-67-. The molecule has 0 spiro atoms. The Morgan fingerprint density at radius 3 is 2.04 bits per heavy atom. The summed E-state index contributed by atoms with van der Waals surface area (Å²) >= 11 is 0. The summed E-state index contributed by atoms with van der Waals surface area (Å²) in [4.78, 5) is 10.7. The van der Waals surface area contributed by atoms with Gasteiger partial charge in [0.2, 0.25) is 0 Å². The Morgan fingerprint density at radius 1 is 0.500 bits per heavy atom. The number of aliphatic imine (C=N–C) groups is 2. The Morgan fingerprint density at radius 2 is 1.18 bits per heavy atom. The van der Waals surface area contributed by atoms with Gasteiger partial charge in [0.15, 0.2) is 11.4 Å². The fourth-order valence-corrected chi connectivity index (χ4v) is 12.1. The summed E-state index contributed by atoms with van der Waals surface area (Å²) in [6.45, 7) is 0. The van der Waals surface area contributed by atoms with Crippen LogP contribution in [0.25, 0.3) is 99.9 Å². The molecule has 4 heterocycles. The van der Waals surface area contributed by atoms with Gasteiger partial charge in [0.1, 0.15) is 16.7 Å². The smallest absolute Gasteiger partial charge is 0.159 e. The van der Waals surface area contributed by atoms with Gasteiger partial charge in [-0.1, -0.05) is 170 Å². The number of hydrogen-bond acceptors (Lipinski definition) is 4. The van der Waals surface area contributed by atoms with Crippen LogP contribution in [0.4, 0.5) is 0 Å². The number of aryl methyl sites for hydroxylation is 1. The van der Waals surface area contributed by atoms with Crippen LogP contribution in [0, 0.1) is 5.92 Å². The molecule has 0 bridgehead atoms. The van der Waals surface area contributed by atoms with Gasteiger partial charge in [-0.15, -0.1) is 0 Å². The lowest BCUT2D eigenvalue weighted by molar-refractivity contribution is 0.607. The van der Waals surface area contributed by atoms with E-state index in [0.29, 0.717) is 5.92 Å². The van der Waals surface area contributed by atoms with Crippen LogP contribution in [-0.4, -0.2) is 22.2 Å². The molecule has 0 amide bonds. The molecule has 5 heteroatoms. The van der Waals surface area contributed by atoms with Crippen molar-refractivity contribution < 1.29 is 8.83 Å². The van der Waals surface area contributed by atoms with Crippen molar-refractivity contribution in [3.8, 4) is 39.1 Å². The minimum Gasteiger partial charge on any atom is -0.455 e. The highest BCUT2D eigenvalue weighted by atomic mass is 16.3. The average molecular weight is 926 g/mol. The molecule has 5 nitrogen and oxygen atoms in total. The van der Waals surface area contributed by atoms with Gasteiger partial charge in [0.05, 0.1) is 23.0 Å². The first kappa shape index (κ1) is 41.0. The van der Waals surface area contributed by atoms with Gasteiger partial charge in [-0.05, 0) is 131 Å². The van der Waals surface area contributed by atoms with Gasteiger partial charge in [0, 0.05) is 43.8 Å². The maximum Gasteiger partial charge on any atom is 0.159 e. The molecule has 3 atom stereocenters. The second kappa shape index (κ2) is 16.4. The molecule has 0 saturated heterocycles. The molecule has 1 saturated carbocycles. The van der Waals surface area contributed by atoms with Gasteiger partial charge in [-0.25, -0.2) is 4.99 Å². The topological polar surface area (TPSA) is 55.9 Å². The third kappa shape index (κ3) is 6.68. The van der Waals surface area contributed by atoms with Crippen molar-refractivity contribution >= 4 is 72.4 Å². The van der Waals surface area contributed by atoms with E-state index < -0.39 is 0 Å². The number of amidine groups is 1. The minimum atomic E-state index is 0.250. The highest BCUT2D eigenvalue weighted by Gasteiger charge is 2.45. The van der Waals surface area contributed by atoms with Crippen molar-refractivity contribution in [3.05, 3.63) is 240 Å². The summed E-state index contributed by atoms with van der Waals surface area (Å²) in [5.74, 6) is 1.55. The van der Waals surface area contributed by atoms with E-state index in [2.05, 4.69) is 223 Å². The third-order valence-electron chi connectivity index (χ3n) is 15.6. The van der Waals surface area contributed by atoms with Gasteiger partial charge < -0.3 is 13.4 Å². The van der Waals surface area contributed by atoms with E-state index in [4.69, 9.17) is 18.8 Å². The van der Waals surface area contributed by atoms with Crippen LogP contribution in [-0.2, 0) is 6.42 Å². The Kier molecular flexibility index (Phi) is 9.34. The van der Waals surface area contributed by atoms with Gasteiger partial charge in [-0.3, -0.25) is 4.99 Å². The number of benzene rings is 9. The first-order chi connectivity index (χ1) is 35.7. The molecule has 0 N–H and O–H groups in total. The quantitative estimate of drug-likeness (QED) is 0.160. The molecular formula is C67H47N3O2. The van der Waals surface area contributed by atoms with Crippen molar-refractivity contribution in [2.24, 2.45) is 15.9 Å². The summed E-state index contributed by atoms with van der Waals surface area (Å²) in [6.07, 6.45) is 8.54. The Hall–Kier alpha value is -8.80. The normalized spacial score (nSPS) is 18.9. The molecule has 72 heavy (non-hydrogen) atoms. The van der Waals surface area contributed by atoms with Crippen LogP contribution in [0.15, 0.2) is 231 Å². The number of hydrogen-bond donors (Lipinski definition) is 0. The van der Waals surface area contributed by atoms with E-state index in [1.165, 1.54) is 44.4 Å². The maximum atomic E-state index is 6.93. The number of furan rings is 2. The molecule has 3 aromatic heterocycles. The maximum absolute atomic E-state index is 6.93. The molecule has 12 aromatic rings. The number of nitrogens with zero attached hydrogens (tertiary/aromatic N) is 3. The van der Waals surface area contributed by atoms with E-state index in [1.807, 2.05) is 0 Å². The molecule has 3 aliphatic rings. The SMILES string of the molecule is C1=Cc2c(c3cc(-c4ccccc4)ccc3n2-c2cccc3c2oc2ccc(-c4ccc(-c5cccc(C6C/C(c7ccccc7)=N\C(c7ccccc7)=N/C7CC76)c5)c5c4oc4ccccc45)cc23)CC1. The fraction of sp³-hybridized carbons (Fsp3) is 0.104. The van der Waals surface area contributed by atoms with Crippen LogP contribution < -0.4 is 0 Å². The lowest BCUT2D eigenvalue weighted by Crippen LogP contribution is -2.17. The second-order valence-corrected chi connectivity index (χ2v) is 19.8. The second-order valence-electron chi connectivity index (χ2n) is 19.8. The number of para-hydroxylation sites is 2. The Balaban J connectivity index is 0.829. The van der Waals surface area contributed by atoms with Gasteiger partial charge >= 0.3 is 0 Å². The zero-order valence-electron chi connectivity index (χ0n) is 39.5. The van der Waals surface area contributed by atoms with Crippen molar-refractivity contribution in [1.29, 1.82) is 0 Å². The molecule has 2 aliphatic carbocycles. The molecule has 1 fully saturated rings. The number of allylic oxidation sites excluding steroid dienone is 1. The van der Waals surface area contributed by atoms with Crippen LogP contribution in [0.5, 0.6) is 0 Å². The minimum absolute atomic E-state index is 0.250. The van der Waals surface area contributed by atoms with Crippen molar-refractivity contribution in [1.82, 2.24) is 4.57 Å². The van der Waals surface area contributed by atoms with Gasteiger partial charge in [-0.2, -0.15) is 0 Å². The zero-order valence-corrected chi connectivity index (χ0v) is 39.5. The summed E-state index contributed by atoms with van der Waals surface area (Å²) < 4.78 is 16.2. The molecule has 3 unspecified atom stereocenters. The monoisotopic (exact) mass is 925 g/mol. The van der Waals surface area contributed by atoms with E-state index in [9.17, 15) is 0 Å². The number of rotatable bonds is 7. The molecular weight excluding hydrogens is 879 g/mol. The van der Waals surface area contributed by atoms with E-state index in [1.54, 1.807) is 0 Å². The lowest BCUT2D eigenvalue weighted by Gasteiger charge is -2.22. The predicted molar refractivity (Wildman–Crippen MR) is 297 cm³/mol. The Labute approximate surface area is 416 Å². The van der Waals surface area contributed by atoms with Crippen LogP contribution in [0.1, 0.15) is 53.1 Å². The summed E-state index contributed by atoms with van der Waals surface area (Å²) in [5, 5.41) is 5.69. The number of fused-ring (bicyclic) bond motifs is 10. The number of aromatic nitrogens is 1. The average Bonchev–Trinajstić information content (AvgIpc) is 3.74. The molecule has 342 valence electrons. The molecule has 1 aliphatic heterocycles. The zero-order chi connectivity index (χ0) is 47.3. The molecule has 0 radical (unpaired) electrons. The van der Waals surface area contributed by atoms with Crippen LogP contribution in [0.3, 0.4) is 0 Å². The van der Waals surface area contributed by atoms with Crippen LogP contribution >= 0.6 is 0 Å².